The quantitative estimate of drug-likeness (QED) is 0.840. The number of hydrogen-bond acceptors (Lipinski definition) is 2. The van der Waals surface area contributed by atoms with E-state index >= 15 is 0 Å². The third-order valence-electron chi connectivity index (χ3n) is 5.26. The molecule has 2 heteroatoms. The third kappa shape index (κ3) is 2.77. The summed E-state index contributed by atoms with van der Waals surface area (Å²) in [6.45, 7) is 11.8. The van der Waals surface area contributed by atoms with Crippen LogP contribution in [0.4, 0.5) is 0 Å². The van der Waals surface area contributed by atoms with E-state index in [-0.39, 0.29) is 0 Å². The predicted molar refractivity (Wildman–Crippen MR) is 84.6 cm³/mol. The van der Waals surface area contributed by atoms with Crippen molar-refractivity contribution in [2.24, 2.45) is 11.3 Å². The van der Waals surface area contributed by atoms with Crippen molar-refractivity contribution >= 4 is 0 Å². The smallest absolute Gasteiger partial charge is 0.0476 e. The first kappa shape index (κ1) is 14.1. The van der Waals surface area contributed by atoms with Gasteiger partial charge in [-0.05, 0) is 48.4 Å². The number of nitrogens with zero attached hydrogens (tertiary/aromatic N) is 1. The van der Waals surface area contributed by atoms with Gasteiger partial charge in [0.05, 0.1) is 0 Å². The molecule has 0 saturated carbocycles. The molecule has 1 atom stereocenters. The first-order valence-corrected chi connectivity index (χ1v) is 8.08. The maximum Gasteiger partial charge on any atom is 0.0476 e. The molecule has 110 valence electrons. The highest BCUT2D eigenvalue weighted by atomic mass is 15.2. The van der Waals surface area contributed by atoms with Gasteiger partial charge in [0.1, 0.15) is 0 Å². The Morgan fingerprint density at radius 2 is 1.80 bits per heavy atom. The van der Waals surface area contributed by atoms with E-state index in [2.05, 4.69) is 55.3 Å². The minimum absolute atomic E-state index is 0.467. The number of fused-ring (bicyclic) bond motifs is 1. The van der Waals surface area contributed by atoms with E-state index < -0.39 is 0 Å². The topological polar surface area (TPSA) is 15.3 Å². The summed E-state index contributed by atoms with van der Waals surface area (Å²) < 4.78 is 0. The molecule has 0 radical (unpaired) electrons. The van der Waals surface area contributed by atoms with Gasteiger partial charge in [0.2, 0.25) is 0 Å². The maximum absolute atomic E-state index is 3.59. The van der Waals surface area contributed by atoms with E-state index in [0.717, 1.165) is 19.0 Å². The summed E-state index contributed by atoms with van der Waals surface area (Å²) in [7, 11) is 0. The van der Waals surface area contributed by atoms with Crippen molar-refractivity contribution in [3.63, 3.8) is 0 Å². The van der Waals surface area contributed by atoms with E-state index in [1.165, 1.54) is 31.5 Å². The molecule has 3 rings (SSSR count). The largest absolute Gasteiger partial charge is 0.311 e. The number of likely N-dealkylation sites (tertiary alicyclic amines) is 1. The molecule has 0 spiro atoms. The summed E-state index contributed by atoms with van der Waals surface area (Å²) in [5, 5.41) is 3.59. The Hall–Kier alpha value is -0.860. The van der Waals surface area contributed by atoms with Gasteiger partial charge in [0.25, 0.3) is 0 Å². The Bertz CT molecular complexity index is 453. The monoisotopic (exact) mass is 272 g/mol. The summed E-state index contributed by atoms with van der Waals surface area (Å²) >= 11 is 0. The first-order valence-electron chi connectivity index (χ1n) is 8.08. The molecule has 1 unspecified atom stereocenters. The minimum atomic E-state index is 0.467. The molecular formula is C18H28N2. The van der Waals surface area contributed by atoms with Crippen LogP contribution in [0.2, 0.25) is 0 Å². The Morgan fingerprint density at radius 1 is 1.10 bits per heavy atom. The van der Waals surface area contributed by atoms with Crippen LogP contribution in [0.15, 0.2) is 24.3 Å². The van der Waals surface area contributed by atoms with E-state index in [4.69, 9.17) is 0 Å². The van der Waals surface area contributed by atoms with E-state index in [9.17, 15) is 0 Å². The Morgan fingerprint density at radius 3 is 2.50 bits per heavy atom. The molecule has 0 aromatic heterocycles. The molecule has 0 aliphatic carbocycles. The van der Waals surface area contributed by atoms with E-state index in [0.29, 0.717) is 11.5 Å². The summed E-state index contributed by atoms with van der Waals surface area (Å²) in [6.07, 6.45) is 2.70. The standard InChI is InChI=1S/C18H28N2/c1-18(2,3)15-8-10-20(11-9-15)17-13-19-12-14-6-4-5-7-16(14)17/h4-7,15,17,19H,8-13H2,1-3H3. The third-order valence-corrected chi connectivity index (χ3v) is 5.26. The van der Waals surface area contributed by atoms with Gasteiger partial charge in [0, 0.05) is 19.1 Å². The molecule has 1 N–H and O–H groups in total. The molecule has 0 amide bonds. The van der Waals surface area contributed by atoms with E-state index in [1.807, 2.05) is 0 Å². The summed E-state index contributed by atoms with van der Waals surface area (Å²) in [5.74, 6) is 0.880. The van der Waals surface area contributed by atoms with E-state index in [1.54, 1.807) is 5.56 Å². The lowest BCUT2D eigenvalue weighted by Gasteiger charge is -2.43. The van der Waals surface area contributed by atoms with Crippen LogP contribution < -0.4 is 5.32 Å². The molecule has 20 heavy (non-hydrogen) atoms. The van der Waals surface area contributed by atoms with Gasteiger partial charge in [-0.3, -0.25) is 4.90 Å². The fourth-order valence-corrected chi connectivity index (χ4v) is 3.88. The highest BCUT2D eigenvalue weighted by Crippen LogP contribution is 2.37. The van der Waals surface area contributed by atoms with Crippen LogP contribution in [-0.4, -0.2) is 24.5 Å². The van der Waals surface area contributed by atoms with Gasteiger partial charge >= 0.3 is 0 Å². The van der Waals surface area contributed by atoms with Crippen LogP contribution in [0.3, 0.4) is 0 Å². The van der Waals surface area contributed by atoms with Crippen molar-refractivity contribution in [3.05, 3.63) is 35.4 Å². The van der Waals surface area contributed by atoms with Crippen molar-refractivity contribution in [1.82, 2.24) is 10.2 Å². The second kappa shape index (κ2) is 5.50. The lowest BCUT2D eigenvalue weighted by atomic mass is 9.75. The average Bonchev–Trinajstić information content (AvgIpc) is 2.46. The fourth-order valence-electron chi connectivity index (χ4n) is 3.88. The summed E-state index contributed by atoms with van der Waals surface area (Å²) in [5.41, 5.74) is 3.51. The summed E-state index contributed by atoms with van der Waals surface area (Å²) in [4.78, 5) is 2.70. The Balaban J connectivity index is 1.70. The van der Waals surface area contributed by atoms with Crippen LogP contribution in [-0.2, 0) is 6.54 Å². The lowest BCUT2D eigenvalue weighted by Crippen LogP contribution is -2.45. The highest BCUT2D eigenvalue weighted by molar-refractivity contribution is 5.32. The molecule has 2 aliphatic heterocycles. The van der Waals surface area contributed by atoms with Gasteiger partial charge in [-0.25, -0.2) is 0 Å². The van der Waals surface area contributed by atoms with Gasteiger partial charge < -0.3 is 5.32 Å². The number of rotatable bonds is 1. The van der Waals surface area contributed by atoms with Crippen LogP contribution in [0, 0.1) is 11.3 Å². The van der Waals surface area contributed by atoms with Crippen molar-refractivity contribution in [3.8, 4) is 0 Å². The van der Waals surface area contributed by atoms with Gasteiger partial charge in [0.15, 0.2) is 0 Å². The second-order valence-electron chi connectivity index (χ2n) is 7.52. The van der Waals surface area contributed by atoms with Crippen molar-refractivity contribution in [1.29, 1.82) is 0 Å². The first-order chi connectivity index (χ1) is 9.55. The molecule has 1 saturated heterocycles. The van der Waals surface area contributed by atoms with Crippen LogP contribution in [0.25, 0.3) is 0 Å². The van der Waals surface area contributed by atoms with Crippen molar-refractivity contribution < 1.29 is 0 Å². The molecule has 1 fully saturated rings. The van der Waals surface area contributed by atoms with Crippen molar-refractivity contribution in [2.75, 3.05) is 19.6 Å². The molecule has 2 aliphatic rings. The summed E-state index contributed by atoms with van der Waals surface area (Å²) in [6, 6.07) is 9.54. The predicted octanol–water partition coefficient (Wildman–Crippen LogP) is 3.59. The molecular weight excluding hydrogens is 244 g/mol. The van der Waals surface area contributed by atoms with Gasteiger partial charge in [-0.15, -0.1) is 0 Å². The lowest BCUT2D eigenvalue weighted by molar-refractivity contribution is 0.0791. The number of nitrogens with one attached hydrogen (secondary N) is 1. The zero-order chi connectivity index (χ0) is 14.2. The van der Waals surface area contributed by atoms with Gasteiger partial charge in [-0.1, -0.05) is 45.0 Å². The SMILES string of the molecule is CC(C)(C)C1CCN(C2CNCc3ccccc32)CC1. The molecule has 1 aromatic carbocycles. The van der Waals surface area contributed by atoms with Gasteiger partial charge in [-0.2, -0.15) is 0 Å². The fraction of sp³-hybridized carbons (Fsp3) is 0.667. The normalized spacial score (nSPS) is 25.4. The molecule has 2 nitrogen and oxygen atoms in total. The Kier molecular flexibility index (Phi) is 3.87. The Labute approximate surface area is 123 Å². The average molecular weight is 272 g/mol. The van der Waals surface area contributed by atoms with Crippen LogP contribution >= 0.6 is 0 Å². The molecule has 1 aromatic rings. The van der Waals surface area contributed by atoms with Crippen LogP contribution in [0.5, 0.6) is 0 Å². The maximum atomic E-state index is 3.59. The molecule has 2 heterocycles. The highest BCUT2D eigenvalue weighted by Gasteiger charge is 2.33. The number of benzene rings is 1. The van der Waals surface area contributed by atoms with Crippen LogP contribution in [0.1, 0.15) is 50.8 Å². The molecule has 0 bridgehead atoms. The van der Waals surface area contributed by atoms with Crippen molar-refractivity contribution in [2.45, 2.75) is 46.2 Å². The zero-order valence-electron chi connectivity index (χ0n) is 13.2. The zero-order valence-corrected chi connectivity index (χ0v) is 13.2. The minimum Gasteiger partial charge on any atom is -0.311 e. The number of hydrogen-bond donors (Lipinski definition) is 1. The number of piperidine rings is 1. The second-order valence-corrected chi connectivity index (χ2v) is 7.52.